The average molecular weight is 586 g/mol. The Morgan fingerprint density at radius 1 is 1.24 bits per heavy atom. The summed E-state index contributed by atoms with van der Waals surface area (Å²) in [5, 5.41) is 11.6. The Kier molecular flexibility index (Phi) is 11.3. The SMILES string of the molecule is COC(=O)/C=C/CCC(NC(=O)C1COCCN1)C(=O)Nc1cccn(CC(=O)NC2C(C)CC3CCCC2C3)c1=O. The summed E-state index contributed by atoms with van der Waals surface area (Å²) < 4.78 is 11.2. The number of nitrogens with zero attached hydrogens (tertiary/aromatic N) is 1. The molecule has 1 saturated heterocycles. The van der Waals surface area contributed by atoms with Crippen LogP contribution >= 0.6 is 0 Å². The molecule has 42 heavy (non-hydrogen) atoms. The summed E-state index contributed by atoms with van der Waals surface area (Å²) in [4.78, 5) is 63.7. The number of amides is 3. The van der Waals surface area contributed by atoms with E-state index in [2.05, 4.69) is 32.9 Å². The van der Waals surface area contributed by atoms with Crippen LogP contribution in [0, 0.1) is 17.8 Å². The van der Waals surface area contributed by atoms with E-state index in [1.807, 2.05) is 0 Å². The van der Waals surface area contributed by atoms with E-state index in [1.165, 1.54) is 42.9 Å². The van der Waals surface area contributed by atoms with E-state index < -0.39 is 35.4 Å². The number of hydrogen-bond donors (Lipinski definition) is 4. The summed E-state index contributed by atoms with van der Waals surface area (Å²) in [5.74, 6) is -0.137. The van der Waals surface area contributed by atoms with Gasteiger partial charge in [-0.2, -0.15) is 0 Å². The lowest BCUT2D eigenvalue weighted by molar-refractivity contribution is -0.135. The Hall–Kier alpha value is -3.51. The molecule has 4 N–H and O–H groups in total. The smallest absolute Gasteiger partial charge is 0.330 e. The first-order valence-corrected chi connectivity index (χ1v) is 14.9. The molecule has 2 bridgehead atoms. The van der Waals surface area contributed by atoms with E-state index in [0.717, 1.165) is 25.2 Å². The number of fused-ring (bicyclic) bond motifs is 2. The van der Waals surface area contributed by atoms with Gasteiger partial charge in [-0.3, -0.25) is 19.2 Å². The zero-order chi connectivity index (χ0) is 30.1. The van der Waals surface area contributed by atoms with Crippen LogP contribution in [0.4, 0.5) is 5.69 Å². The predicted octanol–water partition coefficient (Wildman–Crippen LogP) is 1.10. The van der Waals surface area contributed by atoms with Crippen LogP contribution in [0.15, 0.2) is 35.3 Å². The fourth-order valence-electron chi connectivity index (χ4n) is 6.42. The van der Waals surface area contributed by atoms with Crippen LogP contribution in [0.5, 0.6) is 0 Å². The molecule has 3 fully saturated rings. The zero-order valence-corrected chi connectivity index (χ0v) is 24.4. The molecule has 1 aromatic heterocycles. The molecule has 4 rings (SSSR count). The van der Waals surface area contributed by atoms with Gasteiger partial charge in [0.05, 0.1) is 20.3 Å². The fraction of sp³-hybridized carbons (Fsp3) is 0.633. The zero-order valence-electron chi connectivity index (χ0n) is 24.4. The van der Waals surface area contributed by atoms with Crippen molar-refractivity contribution in [3.63, 3.8) is 0 Å². The highest BCUT2D eigenvalue weighted by Gasteiger charge is 2.38. The Bertz CT molecular complexity index is 1210. The maximum Gasteiger partial charge on any atom is 0.330 e. The van der Waals surface area contributed by atoms with Gasteiger partial charge in [-0.15, -0.1) is 0 Å². The second-order valence-corrected chi connectivity index (χ2v) is 11.6. The van der Waals surface area contributed by atoms with Gasteiger partial charge in [0.1, 0.15) is 24.3 Å². The number of pyridine rings is 1. The molecule has 3 aliphatic rings. The first-order chi connectivity index (χ1) is 20.2. The minimum absolute atomic E-state index is 0.0000617. The Morgan fingerprint density at radius 2 is 2.07 bits per heavy atom. The maximum atomic E-state index is 13.3. The van der Waals surface area contributed by atoms with Crippen LogP contribution in [0.25, 0.3) is 0 Å². The third-order valence-electron chi connectivity index (χ3n) is 8.52. The number of ether oxygens (including phenoxy) is 2. The van der Waals surface area contributed by atoms with Crippen molar-refractivity contribution in [1.82, 2.24) is 20.5 Å². The van der Waals surface area contributed by atoms with Gasteiger partial charge in [0.15, 0.2) is 0 Å². The number of rotatable bonds is 11. The Morgan fingerprint density at radius 3 is 2.83 bits per heavy atom. The highest BCUT2D eigenvalue weighted by molar-refractivity contribution is 5.97. The molecule has 2 heterocycles. The molecule has 2 aliphatic carbocycles. The molecule has 1 aromatic rings. The largest absolute Gasteiger partial charge is 0.466 e. The summed E-state index contributed by atoms with van der Waals surface area (Å²) >= 11 is 0. The minimum Gasteiger partial charge on any atom is -0.466 e. The monoisotopic (exact) mass is 585 g/mol. The number of hydrogen-bond acceptors (Lipinski definition) is 8. The van der Waals surface area contributed by atoms with E-state index in [0.29, 0.717) is 31.4 Å². The highest BCUT2D eigenvalue weighted by atomic mass is 16.5. The molecule has 230 valence electrons. The van der Waals surface area contributed by atoms with Gasteiger partial charge in [-0.25, -0.2) is 4.79 Å². The molecule has 6 atom stereocenters. The van der Waals surface area contributed by atoms with Crippen LogP contribution in [0.1, 0.15) is 51.9 Å². The van der Waals surface area contributed by atoms with E-state index in [4.69, 9.17) is 4.74 Å². The average Bonchev–Trinajstić information content (AvgIpc) is 2.99. The molecule has 0 aromatic carbocycles. The van der Waals surface area contributed by atoms with E-state index in [-0.39, 0.29) is 37.2 Å². The third-order valence-corrected chi connectivity index (χ3v) is 8.52. The number of allylic oxidation sites excluding steroid dienone is 1. The number of methoxy groups -OCH3 is 1. The maximum absolute atomic E-state index is 13.3. The van der Waals surface area contributed by atoms with E-state index in [9.17, 15) is 24.0 Å². The van der Waals surface area contributed by atoms with Crippen LogP contribution in [-0.2, 0) is 35.2 Å². The van der Waals surface area contributed by atoms with Crippen LogP contribution in [0.2, 0.25) is 0 Å². The number of aromatic nitrogens is 1. The third kappa shape index (κ3) is 8.51. The first kappa shape index (κ1) is 31.4. The van der Waals surface area contributed by atoms with Crippen molar-refractivity contribution >= 4 is 29.4 Å². The first-order valence-electron chi connectivity index (χ1n) is 14.9. The minimum atomic E-state index is -0.994. The molecule has 6 unspecified atom stereocenters. The number of morpholine rings is 1. The van der Waals surface area contributed by atoms with Gasteiger partial charge >= 0.3 is 5.97 Å². The molecular formula is C30H43N5O7. The van der Waals surface area contributed by atoms with Gasteiger partial charge in [-0.1, -0.05) is 25.8 Å². The number of carbonyl (C=O) groups is 4. The Balaban J connectivity index is 1.40. The highest BCUT2D eigenvalue weighted by Crippen LogP contribution is 2.42. The molecule has 0 spiro atoms. The molecule has 0 radical (unpaired) electrons. The van der Waals surface area contributed by atoms with Crippen molar-refractivity contribution in [2.24, 2.45) is 17.8 Å². The lowest BCUT2D eigenvalue weighted by Crippen LogP contribution is -2.55. The summed E-state index contributed by atoms with van der Waals surface area (Å²) in [6.45, 7) is 3.21. The molecule has 2 saturated carbocycles. The van der Waals surface area contributed by atoms with Crippen LogP contribution in [-0.4, -0.2) is 73.3 Å². The van der Waals surface area contributed by atoms with Crippen molar-refractivity contribution in [3.8, 4) is 0 Å². The summed E-state index contributed by atoms with van der Waals surface area (Å²) in [6.07, 6.45) is 10.6. The van der Waals surface area contributed by atoms with Gasteiger partial charge < -0.3 is 35.3 Å². The van der Waals surface area contributed by atoms with Crippen LogP contribution < -0.4 is 26.8 Å². The van der Waals surface area contributed by atoms with Crippen LogP contribution in [0.3, 0.4) is 0 Å². The molecule has 1 aliphatic heterocycles. The van der Waals surface area contributed by atoms with Crippen molar-refractivity contribution in [2.45, 2.75) is 76.5 Å². The summed E-state index contributed by atoms with van der Waals surface area (Å²) in [5.41, 5.74) is -0.520. The quantitative estimate of drug-likeness (QED) is 0.222. The molecule has 12 nitrogen and oxygen atoms in total. The Labute approximate surface area is 246 Å². The second-order valence-electron chi connectivity index (χ2n) is 11.6. The fourth-order valence-corrected chi connectivity index (χ4v) is 6.42. The number of nitrogens with one attached hydrogen (secondary N) is 4. The topological polar surface area (TPSA) is 157 Å². The van der Waals surface area contributed by atoms with Crippen molar-refractivity contribution in [2.75, 3.05) is 32.2 Å². The van der Waals surface area contributed by atoms with Crippen molar-refractivity contribution in [3.05, 3.63) is 40.8 Å². The number of esters is 1. The lowest BCUT2D eigenvalue weighted by atomic mass is 9.65. The normalized spacial score (nSPS) is 26.2. The number of anilines is 1. The van der Waals surface area contributed by atoms with Gasteiger partial charge in [-0.05, 0) is 62.0 Å². The molecule has 3 amide bonds. The number of carbonyl (C=O) groups excluding carboxylic acids is 4. The standard InChI is InChI=1S/C30H43N5O7/c1-19-15-20-7-5-8-21(16-20)27(19)34-25(36)17-35-13-6-10-23(30(35)40)33-28(38)22(9-3-4-11-26(37)41-2)32-29(39)24-18-42-14-12-31-24/h4,6,10-11,13,19-22,24,27,31H,3,5,7-9,12,14-18H2,1-2H3,(H,32,39)(H,33,38)(H,34,36)/b11-4+. The van der Waals surface area contributed by atoms with E-state index >= 15 is 0 Å². The van der Waals surface area contributed by atoms with Crippen molar-refractivity contribution < 1.29 is 28.7 Å². The molecule has 12 heteroatoms. The van der Waals surface area contributed by atoms with Gasteiger partial charge in [0, 0.05) is 24.9 Å². The summed E-state index contributed by atoms with van der Waals surface area (Å²) in [6, 6.07) is 1.56. The van der Waals surface area contributed by atoms with E-state index in [1.54, 1.807) is 12.1 Å². The van der Waals surface area contributed by atoms with Gasteiger partial charge in [0.2, 0.25) is 17.7 Å². The van der Waals surface area contributed by atoms with Crippen molar-refractivity contribution in [1.29, 1.82) is 0 Å². The summed E-state index contributed by atoms with van der Waals surface area (Å²) in [7, 11) is 1.26. The predicted molar refractivity (Wildman–Crippen MR) is 155 cm³/mol. The lowest BCUT2D eigenvalue weighted by Gasteiger charge is -2.44. The van der Waals surface area contributed by atoms with Gasteiger partial charge in [0.25, 0.3) is 5.56 Å². The second kappa shape index (κ2) is 15.1. The molecular weight excluding hydrogens is 542 g/mol.